The van der Waals surface area contributed by atoms with Crippen LogP contribution in [0.3, 0.4) is 0 Å². The Kier molecular flexibility index (Phi) is 6.59. The van der Waals surface area contributed by atoms with Gasteiger partial charge < -0.3 is 19.9 Å². The predicted octanol–water partition coefficient (Wildman–Crippen LogP) is 2.79. The number of rotatable bonds is 5. The molecule has 1 amide bonds. The summed E-state index contributed by atoms with van der Waals surface area (Å²) in [7, 11) is -3.75. The Morgan fingerprint density at radius 3 is 2.46 bits per heavy atom. The molecule has 2 aliphatic rings. The highest BCUT2D eigenvalue weighted by Crippen LogP contribution is 2.33. The van der Waals surface area contributed by atoms with Crippen molar-refractivity contribution in [3.63, 3.8) is 0 Å². The van der Waals surface area contributed by atoms with E-state index in [0.717, 1.165) is 38.0 Å². The van der Waals surface area contributed by atoms with E-state index in [1.165, 1.54) is 16.4 Å². The summed E-state index contributed by atoms with van der Waals surface area (Å²) in [6.07, 6.45) is 3.19. The van der Waals surface area contributed by atoms with Gasteiger partial charge in [0.25, 0.3) is 5.91 Å². The van der Waals surface area contributed by atoms with E-state index in [-0.39, 0.29) is 29.1 Å². The van der Waals surface area contributed by atoms with Gasteiger partial charge in [0.2, 0.25) is 15.6 Å². The second-order valence-corrected chi connectivity index (χ2v) is 10.7. The number of nitrogens with one attached hydrogen (secondary N) is 2. The van der Waals surface area contributed by atoms with Gasteiger partial charge in [-0.05, 0) is 43.5 Å². The molecule has 184 valence electrons. The lowest BCUT2D eigenvalue weighted by atomic mass is 10.1. The minimum Gasteiger partial charge on any atom is -0.379 e. The monoisotopic (exact) mass is 496 g/mol. The van der Waals surface area contributed by atoms with Crippen LogP contribution in [-0.2, 0) is 14.8 Å². The Labute approximate surface area is 203 Å². The first-order valence-corrected chi connectivity index (χ1v) is 13.3. The Morgan fingerprint density at radius 1 is 0.943 bits per heavy atom. The zero-order chi connectivity index (χ0) is 24.4. The number of carbonyl (C=O) groups is 1. The van der Waals surface area contributed by atoms with Crippen LogP contribution in [0.25, 0.3) is 10.9 Å². The lowest BCUT2D eigenvalue weighted by Crippen LogP contribution is -2.40. The molecule has 0 aliphatic carbocycles. The summed E-state index contributed by atoms with van der Waals surface area (Å²) in [6, 6.07) is 13.3. The van der Waals surface area contributed by atoms with Gasteiger partial charge in [-0.1, -0.05) is 18.2 Å². The van der Waals surface area contributed by atoms with Crippen LogP contribution in [0.1, 0.15) is 29.6 Å². The van der Waals surface area contributed by atoms with Gasteiger partial charge in [-0.3, -0.25) is 9.59 Å². The van der Waals surface area contributed by atoms with E-state index in [1.807, 2.05) is 0 Å². The van der Waals surface area contributed by atoms with Gasteiger partial charge >= 0.3 is 0 Å². The van der Waals surface area contributed by atoms with Crippen LogP contribution in [0, 0.1) is 0 Å². The number of para-hydroxylation sites is 1. The molecular weight excluding hydrogens is 468 g/mol. The first-order valence-electron chi connectivity index (χ1n) is 11.8. The van der Waals surface area contributed by atoms with Crippen molar-refractivity contribution in [2.45, 2.75) is 24.2 Å². The molecule has 3 heterocycles. The van der Waals surface area contributed by atoms with Crippen molar-refractivity contribution in [2.24, 2.45) is 0 Å². The number of aromatic nitrogens is 1. The number of H-pyrrole nitrogens is 1. The quantitative estimate of drug-likeness (QED) is 0.562. The van der Waals surface area contributed by atoms with Crippen molar-refractivity contribution < 1.29 is 17.9 Å². The molecule has 0 unspecified atom stereocenters. The highest BCUT2D eigenvalue weighted by Gasteiger charge is 2.28. The molecule has 2 aromatic carbocycles. The minimum absolute atomic E-state index is 0.117. The molecule has 9 nitrogen and oxygen atoms in total. The second kappa shape index (κ2) is 9.80. The van der Waals surface area contributed by atoms with E-state index in [1.54, 1.807) is 36.4 Å². The molecule has 0 radical (unpaired) electrons. The van der Waals surface area contributed by atoms with Crippen LogP contribution in [0.15, 0.2) is 58.2 Å². The van der Waals surface area contributed by atoms with Gasteiger partial charge in [0.15, 0.2) is 0 Å². The molecule has 3 aromatic rings. The highest BCUT2D eigenvalue weighted by molar-refractivity contribution is 7.89. The van der Waals surface area contributed by atoms with Crippen molar-refractivity contribution >= 4 is 38.2 Å². The van der Waals surface area contributed by atoms with E-state index in [4.69, 9.17) is 4.74 Å². The van der Waals surface area contributed by atoms with Gasteiger partial charge in [-0.25, -0.2) is 8.42 Å². The highest BCUT2D eigenvalue weighted by atomic mass is 32.2. The van der Waals surface area contributed by atoms with E-state index < -0.39 is 15.9 Å². The van der Waals surface area contributed by atoms with Gasteiger partial charge in [-0.2, -0.15) is 4.31 Å². The summed E-state index contributed by atoms with van der Waals surface area (Å²) in [5.74, 6) is -0.466. The van der Waals surface area contributed by atoms with Crippen molar-refractivity contribution in [1.82, 2.24) is 9.29 Å². The van der Waals surface area contributed by atoms with E-state index in [2.05, 4.69) is 15.2 Å². The molecule has 2 fully saturated rings. The maximum atomic E-state index is 13.4. The largest absolute Gasteiger partial charge is 0.379 e. The van der Waals surface area contributed by atoms with Crippen LogP contribution in [-0.4, -0.2) is 63.0 Å². The molecule has 0 atom stereocenters. The number of pyridine rings is 1. The molecule has 0 spiro atoms. The Morgan fingerprint density at radius 2 is 1.69 bits per heavy atom. The number of nitrogens with zero attached hydrogens (tertiary/aromatic N) is 2. The number of fused-ring (bicyclic) bond motifs is 1. The maximum absolute atomic E-state index is 13.4. The van der Waals surface area contributed by atoms with Crippen LogP contribution < -0.4 is 15.8 Å². The van der Waals surface area contributed by atoms with Crippen molar-refractivity contribution in [3.8, 4) is 0 Å². The minimum atomic E-state index is -3.75. The standard InChI is InChI=1S/C25H28N4O5S/c30-24-17-20(19-6-2-3-7-21(19)26-24)25(31)27-22-16-18(35(32,33)29-12-14-34-15-13-29)8-9-23(22)28-10-4-1-5-11-28/h2-3,6-9,16-17H,1,4-5,10-15H2,(H,26,30)(H,27,31). The van der Waals surface area contributed by atoms with Crippen LogP contribution >= 0.6 is 0 Å². The van der Waals surface area contributed by atoms with Gasteiger partial charge in [-0.15, -0.1) is 0 Å². The molecule has 2 N–H and O–H groups in total. The lowest BCUT2D eigenvalue weighted by molar-refractivity contribution is 0.0730. The number of hydrogen-bond acceptors (Lipinski definition) is 6. The number of benzene rings is 2. The fourth-order valence-electron chi connectivity index (χ4n) is 4.70. The SMILES string of the molecule is O=C(Nc1cc(S(=O)(=O)N2CCOCC2)ccc1N1CCCCC1)c1cc(=O)[nH]c2ccccc12. The Balaban J connectivity index is 1.55. The van der Waals surface area contributed by atoms with Crippen LogP contribution in [0.5, 0.6) is 0 Å². The summed E-state index contributed by atoms with van der Waals surface area (Å²) in [6.45, 7) is 2.93. The molecule has 0 saturated carbocycles. The number of sulfonamides is 1. The van der Waals surface area contributed by atoms with Crippen LogP contribution in [0.4, 0.5) is 11.4 Å². The average Bonchev–Trinajstić information content (AvgIpc) is 2.89. The lowest BCUT2D eigenvalue weighted by Gasteiger charge is -2.31. The van der Waals surface area contributed by atoms with E-state index in [0.29, 0.717) is 29.8 Å². The summed E-state index contributed by atoms with van der Waals surface area (Å²) in [5.41, 5.74) is 1.60. The number of anilines is 2. The normalized spacial score (nSPS) is 17.4. The number of ether oxygens (including phenoxy) is 1. The number of morpholine rings is 1. The molecule has 1 aromatic heterocycles. The molecule has 2 aliphatic heterocycles. The molecule has 10 heteroatoms. The zero-order valence-corrected chi connectivity index (χ0v) is 20.1. The average molecular weight is 497 g/mol. The number of aromatic amines is 1. The van der Waals surface area contributed by atoms with E-state index >= 15 is 0 Å². The first-order chi connectivity index (χ1) is 16.9. The molecule has 2 saturated heterocycles. The Hall–Kier alpha value is -3.21. The van der Waals surface area contributed by atoms with Crippen molar-refractivity contribution in [2.75, 3.05) is 49.6 Å². The third-order valence-electron chi connectivity index (χ3n) is 6.52. The molecular formula is C25H28N4O5S. The molecule has 0 bridgehead atoms. The van der Waals surface area contributed by atoms with Gasteiger partial charge in [0, 0.05) is 43.1 Å². The van der Waals surface area contributed by atoms with Gasteiger partial charge in [0.05, 0.1) is 35.0 Å². The fraction of sp³-hybridized carbons (Fsp3) is 0.360. The van der Waals surface area contributed by atoms with Gasteiger partial charge in [0.1, 0.15) is 0 Å². The second-order valence-electron chi connectivity index (χ2n) is 8.79. The van der Waals surface area contributed by atoms with Crippen LogP contribution in [0.2, 0.25) is 0 Å². The molecule has 35 heavy (non-hydrogen) atoms. The smallest absolute Gasteiger partial charge is 0.256 e. The van der Waals surface area contributed by atoms with Crippen molar-refractivity contribution in [1.29, 1.82) is 0 Å². The first kappa shape index (κ1) is 23.5. The zero-order valence-electron chi connectivity index (χ0n) is 19.3. The number of piperidine rings is 1. The third-order valence-corrected chi connectivity index (χ3v) is 8.41. The third kappa shape index (κ3) is 4.82. The molecule has 5 rings (SSSR count). The number of carbonyl (C=O) groups excluding carboxylic acids is 1. The fourth-order valence-corrected chi connectivity index (χ4v) is 6.14. The topological polar surface area (TPSA) is 112 Å². The van der Waals surface area contributed by atoms with E-state index in [9.17, 15) is 18.0 Å². The van der Waals surface area contributed by atoms with Crippen molar-refractivity contribution in [3.05, 3.63) is 64.4 Å². The summed E-state index contributed by atoms with van der Waals surface area (Å²) < 4.78 is 33.3. The summed E-state index contributed by atoms with van der Waals surface area (Å²) in [5, 5.41) is 3.53. The Bertz CT molecular complexity index is 1410. The summed E-state index contributed by atoms with van der Waals surface area (Å²) >= 11 is 0. The number of hydrogen-bond donors (Lipinski definition) is 2. The predicted molar refractivity (Wildman–Crippen MR) is 135 cm³/mol. The summed E-state index contributed by atoms with van der Waals surface area (Å²) in [4.78, 5) is 30.6. The maximum Gasteiger partial charge on any atom is 0.256 e. The number of amides is 1.